The number of nitrogens with one attached hydrogen (secondary N) is 2. The highest BCUT2D eigenvalue weighted by atomic mass is 32.2. The van der Waals surface area contributed by atoms with Crippen molar-refractivity contribution in [1.29, 1.82) is 0 Å². The first kappa shape index (κ1) is 22.6. The molecule has 0 bridgehead atoms. The lowest BCUT2D eigenvalue weighted by molar-refractivity contribution is -0.132. The topological polar surface area (TPSA) is 149 Å². The molecule has 0 radical (unpaired) electrons. The Morgan fingerprint density at radius 2 is 1.88 bits per heavy atom. The van der Waals surface area contributed by atoms with Crippen molar-refractivity contribution in [3.8, 4) is 0 Å². The number of aliphatic imine (C=N–C) groups is 1. The molecule has 2 N–H and O–H groups in total. The van der Waals surface area contributed by atoms with E-state index in [9.17, 15) is 26.4 Å². The maximum atomic E-state index is 12.8. The Kier molecular flexibility index (Phi) is 5.96. The zero-order valence-electron chi connectivity index (χ0n) is 17.1. The Labute approximate surface area is 188 Å². The third kappa shape index (κ3) is 4.22. The van der Waals surface area contributed by atoms with Crippen LogP contribution in [0.4, 0.5) is 0 Å². The normalized spacial score (nSPS) is 19.7. The molecule has 2 aliphatic rings. The van der Waals surface area contributed by atoms with Gasteiger partial charge in [0, 0.05) is 43.9 Å². The molecular weight excluding hydrogens is 478 g/mol. The quantitative estimate of drug-likeness (QED) is 0.577. The van der Waals surface area contributed by atoms with Crippen LogP contribution in [0.2, 0.25) is 0 Å². The minimum absolute atomic E-state index is 0.00241. The zero-order chi connectivity index (χ0) is 23.1. The molecule has 0 aliphatic carbocycles. The van der Waals surface area contributed by atoms with Gasteiger partial charge in [0.15, 0.2) is 4.21 Å². The number of aromatic amines is 1. The molecule has 4 rings (SSSR count). The van der Waals surface area contributed by atoms with Crippen molar-refractivity contribution in [2.75, 3.05) is 32.7 Å². The van der Waals surface area contributed by atoms with Gasteiger partial charge in [0.05, 0.1) is 11.4 Å². The summed E-state index contributed by atoms with van der Waals surface area (Å²) in [5.74, 6) is 0.0215. The van der Waals surface area contributed by atoms with Gasteiger partial charge in [0.2, 0.25) is 5.91 Å². The molecule has 32 heavy (non-hydrogen) atoms. The summed E-state index contributed by atoms with van der Waals surface area (Å²) >= 11 is 0.655. The largest absolute Gasteiger partial charge is 0.340 e. The summed E-state index contributed by atoms with van der Waals surface area (Å²) in [5.41, 5.74) is 0.780. The second-order valence-corrected chi connectivity index (χ2v) is 12.1. The smallest absolute Gasteiger partial charge is 0.305 e. The second kappa shape index (κ2) is 8.42. The number of fused-ring (bicyclic) bond motifs is 1. The number of amidine groups is 1. The Balaban J connectivity index is 1.34. The Bertz CT molecular complexity index is 1350. The SMILES string of the molecule is Cc1[nH]c(=O)sc1S(=O)(=O)N1CCN(C(=O)CCN=C2NS(=O)(=O)c3ccccc32)CC1. The van der Waals surface area contributed by atoms with Crippen molar-refractivity contribution in [1.82, 2.24) is 18.9 Å². The van der Waals surface area contributed by atoms with Crippen molar-refractivity contribution in [3.63, 3.8) is 0 Å². The van der Waals surface area contributed by atoms with Crippen LogP contribution in [-0.2, 0) is 24.8 Å². The predicted octanol–water partition coefficient (Wildman–Crippen LogP) is -0.293. The van der Waals surface area contributed by atoms with Crippen molar-refractivity contribution < 1.29 is 21.6 Å². The zero-order valence-corrected chi connectivity index (χ0v) is 19.5. The highest BCUT2D eigenvalue weighted by Gasteiger charge is 2.33. The summed E-state index contributed by atoms with van der Waals surface area (Å²) in [6, 6.07) is 6.48. The number of rotatable bonds is 5. The average molecular weight is 500 g/mol. The number of carbonyl (C=O) groups is 1. The molecule has 0 spiro atoms. The van der Waals surface area contributed by atoms with E-state index in [4.69, 9.17) is 0 Å². The van der Waals surface area contributed by atoms with E-state index in [0.29, 0.717) is 22.6 Å². The van der Waals surface area contributed by atoms with Crippen LogP contribution in [0.15, 0.2) is 43.2 Å². The fraction of sp³-hybridized carbons (Fsp3) is 0.389. The molecule has 0 saturated carbocycles. The van der Waals surface area contributed by atoms with Gasteiger partial charge >= 0.3 is 4.87 Å². The van der Waals surface area contributed by atoms with Crippen LogP contribution in [-0.4, -0.2) is 75.5 Å². The lowest BCUT2D eigenvalue weighted by atomic mass is 10.2. The number of sulfonamides is 2. The Morgan fingerprint density at radius 1 is 1.19 bits per heavy atom. The lowest BCUT2D eigenvalue weighted by Crippen LogP contribution is -2.50. The first-order valence-electron chi connectivity index (χ1n) is 9.74. The molecule has 1 fully saturated rings. The first-order valence-corrected chi connectivity index (χ1v) is 13.5. The fourth-order valence-corrected chi connectivity index (χ4v) is 7.71. The number of nitrogens with zero attached hydrogens (tertiary/aromatic N) is 3. The van der Waals surface area contributed by atoms with Crippen LogP contribution in [0, 0.1) is 6.92 Å². The molecule has 14 heteroatoms. The molecule has 172 valence electrons. The number of amides is 1. The summed E-state index contributed by atoms with van der Waals surface area (Å²) < 4.78 is 53.4. The molecule has 0 unspecified atom stereocenters. The maximum absolute atomic E-state index is 12.8. The number of benzene rings is 1. The van der Waals surface area contributed by atoms with E-state index in [0.717, 1.165) is 0 Å². The maximum Gasteiger partial charge on any atom is 0.305 e. The highest BCUT2D eigenvalue weighted by molar-refractivity contribution is 7.91. The molecule has 1 saturated heterocycles. The van der Waals surface area contributed by atoms with Gasteiger partial charge in [-0.05, 0) is 19.1 Å². The second-order valence-electron chi connectivity index (χ2n) is 7.29. The van der Waals surface area contributed by atoms with Crippen LogP contribution in [0.5, 0.6) is 0 Å². The molecule has 2 aromatic rings. The molecule has 11 nitrogen and oxygen atoms in total. The third-order valence-corrected chi connectivity index (χ3v) is 10.1. The van der Waals surface area contributed by atoms with Crippen LogP contribution in [0.3, 0.4) is 0 Å². The monoisotopic (exact) mass is 499 g/mol. The summed E-state index contributed by atoms with van der Waals surface area (Å²) in [5, 5.41) is 0. The van der Waals surface area contributed by atoms with Gasteiger partial charge in [0.25, 0.3) is 20.0 Å². The highest BCUT2D eigenvalue weighted by Crippen LogP contribution is 2.23. The van der Waals surface area contributed by atoms with Crippen LogP contribution in [0.25, 0.3) is 0 Å². The van der Waals surface area contributed by atoms with E-state index in [-0.39, 0.29) is 60.0 Å². The fourth-order valence-electron chi connectivity index (χ4n) is 3.60. The first-order chi connectivity index (χ1) is 15.1. The van der Waals surface area contributed by atoms with Crippen LogP contribution < -0.4 is 9.60 Å². The molecule has 1 aromatic carbocycles. The van der Waals surface area contributed by atoms with E-state index >= 15 is 0 Å². The van der Waals surface area contributed by atoms with E-state index in [1.165, 1.54) is 17.3 Å². The van der Waals surface area contributed by atoms with Gasteiger partial charge in [-0.15, -0.1) is 0 Å². The number of piperazine rings is 1. The van der Waals surface area contributed by atoms with Crippen molar-refractivity contribution in [3.05, 3.63) is 45.2 Å². The number of thiazole rings is 1. The van der Waals surface area contributed by atoms with E-state index < -0.39 is 24.9 Å². The molecule has 1 amide bonds. The summed E-state index contributed by atoms with van der Waals surface area (Å²) in [7, 11) is -7.42. The standard InChI is InChI=1S/C18H21N5O6S3/c1-12-17(30-18(25)20-12)32(28,29)23-10-8-22(9-11-23)15(24)6-7-19-16-13-4-2-3-5-14(13)31(26,27)21-16/h2-5H,6-11H2,1H3,(H,19,21)(H,20,25). The lowest BCUT2D eigenvalue weighted by Gasteiger charge is -2.33. The van der Waals surface area contributed by atoms with Crippen molar-refractivity contribution in [2.45, 2.75) is 22.4 Å². The molecule has 1 aromatic heterocycles. The average Bonchev–Trinajstić information content (AvgIpc) is 3.24. The number of aromatic nitrogens is 1. The van der Waals surface area contributed by atoms with Crippen LogP contribution in [0.1, 0.15) is 17.7 Å². The van der Waals surface area contributed by atoms with Crippen molar-refractivity contribution in [2.24, 2.45) is 4.99 Å². The number of hydrogen-bond acceptors (Lipinski definition) is 8. The molecule has 2 aliphatic heterocycles. The summed E-state index contributed by atoms with van der Waals surface area (Å²) in [6.45, 7) is 2.34. The number of hydrogen-bond donors (Lipinski definition) is 2. The van der Waals surface area contributed by atoms with Gasteiger partial charge in [-0.2, -0.15) is 4.31 Å². The van der Waals surface area contributed by atoms with Gasteiger partial charge in [-0.25, -0.2) is 16.8 Å². The number of aryl methyl sites for hydroxylation is 1. The predicted molar refractivity (Wildman–Crippen MR) is 118 cm³/mol. The van der Waals surface area contributed by atoms with Gasteiger partial charge in [0.1, 0.15) is 5.84 Å². The van der Waals surface area contributed by atoms with Crippen LogP contribution >= 0.6 is 11.3 Å². The van der Waals surface area contributed by atoms with Gasteiger partial charge in [-0.1, -0.05) is 23.5 Å². The minimum Gasteiger partial charge on any atom is -0.340 e. The third-order valence-electron chi connectivity index (χ3n) is 5.21. The van der Waals surface area contributed by atoms with E-state index in [1.807, 2.05) is 0 Å². The van der Waals surface area contributed by atoms with Crippen molar-refractivity contribution >= 4 is 43.1 Å². The van der Waals surface area contributed by atoms with Gasteiger partial charge in [-0.3, -0.25) is 19.3 Å². The molecule has 3 heterocycles. The minimum atomic E-state index is -3.79. The summed E-state index contributed by atoms with van der Waals surface area (Å²) in [4.78, 5) is 32.0. The number of carbonyl (C=O) groups excluding carboxylic acids is 1. The van der Waals surface area contributed by atoms with E-state index in [2.05, 4.69) is 14.7 Å². The Morgan fingerprint density at radius 3 is 2.53 bits per heavy atom. The van der Waals surface area contributed by atoms with Gasteiger partial charge < -0.3 is 9.88 Å². The number of H-pyrrole nitrogens is 1. The Hall–Kier alpha value is -2.55. The molecule has 0 atom stereocenters. The molecular formula is C18H21N5O6S3. The van der Waals surface area contributed by atoms with E-state index in [1.54, 1.807) is 23.1 Å². The summed E-state index contributed by atoms with van der Waals surface area (Å²) in [6.07, 6.45) is 0.0681.